The lowest BCUT2D eigenvalue weighted by Gasteiger charge is -2.10. The van der Waals surface area contributed by atoms with Gasteiger partial charge in [0.05, 0.1) is 24.8 Å². The first-order valence-corrected chi connectivity index (χ1v) is 7.08. The lowest BCUT2D eigenvalue weighted by Crippen LogP contribution is -2.11. The molecule has 0 saturated heterocycles. The van der Waals surface area contributed by atoms with Crippen molar-refractivity contribution in [3.8, 4) is 0 Å². The van der Waals surface area contributed by atoms with E-state index in [4.69, 9.17) is 9.47 Å². The van der Waals surface area contributed by atoms with E-state index in [1.165, 1.54) is 37.4 Å². The van der Waals surface area contributed by atoms with Gasteiger partial charge in [0.15, 0.2) is 5.78 Å². The van der Waals surface area contributed by atoms with Gasteiger partial charge in [-0.25, -0.2) is 9.18 Å². The van der Waals surface area contributed by atoms with E-state index in [-0.39, 0.29) is 5.56 Å². The first-order chi connectivity index (χ1) is 11.1. The summed E-state index contributed by atoms with van der Waals surface area (Å²) in [7, 11) is 2.84. The van der Waals surface area contributed by atoms with Gasteiger partial charge in [-0.05, 0) is 36.2 Å². The molecule has 0 amide bonds. The molecule has 0 atom stereocenters. The summed E-state index contributed by atoms with van der Waals surface area (Å²) in [5.41, 5.74) is 1.31. The molecule has 0 aliphatic carbocycles. The van der Waals surface area contributed by atoms with Crippen molar-refractivity contribution >= 4 is 11.8 Å². The van der Waals surface area contributed by atoms with Crippen LogP contribution in [0.15, 0.2) is 42.5 Å². The summed E-state index contributed by atoms with van der Waals surface area (Å²) < 4.78 is 23.5. The van der Waals surface area contributed by atoms with Crippen LogP contribution in [-0.2, 0) is 15.9 Å². The van der Waals surface area contributed by atoms with Crippen LogP contribution < -0.4 is 0 Å². The molecule has 0 spiro atoms. The second-order valence-corrected chi connectivity index (χ2v) is 4.92. The van der Waals surface area contributed by atoms with Gasteiger partial charge >= 0.3 is 5.97 Å². The molecule has 2 aromatic carbocycles. The summed E-state index contributed by atoms with van der Waals surface area (Å²) in [6, 6.07) is 10.4. The van der Waals surface area contributed by atoms with E-state index in [0.717, 1.165) is 0 Å². The van der Waals surface area contributed by atoms with Crippen LogP contribution in [0.4, 0.5) is 4.39 Å². The first kappa shape index (κ1) is 16.8. The van der Waals surface area contributed by atoms with Gasteiger partial charge in [0, 0.05) is 12.7 Å². The minimum Gasteiger partial charge on any atom is -0.465 e. The van der Waals surface area contributed by atoms with Crippen LogP contribution in [0.2, 0.25) is 0 Å². The van der Waals surface area contributed by atoms with Crippen molar-refractivity contribution in [2.75, 3.05) is 20.8 Å². The van der Waals surface area contributed by atoms with Gasteiger partial charge in [0.1, 0.15) is 5.82 Å². The summed E-state index contributed by atoms with van der Waals surface area (Å²) in [6.45, 7) is 0.390. The topological polar surface area (TPSA) is 52.6 Å². The Bertz CT molecular complexity index is 725. The fourth-order valence-corrected chi connectivity index (χ4v) is 2.26. The number of hydrogen-bond donors (Lipinski definition) is 0. The van der Waals surface area contributed by atoms with Gasteiger partial charge in [-0.15, -0.1) is 0 Å². The Labute approximate surface area is 133 Å². The van der Waals surface area contributed by atoms with Crippen LogP contribution >= 0.6 is 0 Å². The van der Waals surface area contributed by atoms with Crippen molar-refractivity contribution in [1.29, 1.82) is 0 Å². The highest BCUT2D eigenvalue weighted by molar-refractivity contribution is 6.09. The largest absolute Gasteiger partial charge is 0.465 e. The van der Waals surface area contributed by atoms with E-state index in [1.54, 1.807) is 19.2 Å². The molecule has 23 heavy (non-hydrogen) atoms. The average molecular weight is 316 g/mol. The number of hydrogen-bond acceptors (Lipinski definition) is 4. The second kappa shape index (κ2) is 7.65. The van der Waals surface area contributed by atoms with Gasteiger partial charge in [-0.1, -0.05) is 18.2 Å². The molecule has 0 fully saturated rings. The molecule has 2 aromatic rings. The van der Waals surface area contributed by atoms with E-state index in [9.17, 15) is 14.0 Å². The van der Waals surface area contributed by atoms with Crippen molar-refractivity contribution in [3.63, 3.8) is 0 Å². The number of ketones is 1. The highest BCUT2D eigenvalue weighted by atomic mass is 19.1. The molecule has 5 heteroatoms. The highest BCUT2D eigenvalue weighted by Gasteiger charge is 2.17. The molecule has 0 heterocycles. The van der Waals surface area contributed by atoms with Gasteiger partial charge in [-0.3, -0.25) is 4.79 Å². The number of methoxy groups -OCH3 is 2. The third-order valence-corrected chi connectivity index (χ3v) is 3.47. The minimum atomic E-state index is -0.576. The van der Waals surface area contributed by atoms with E-state index in [0.29, 0.717) is 29.7 Å². The van der Waals surface area contributed by atoms with Gasteiger partial charge < -0.3 is 9.47 Å². The summed E-state index contributed by atoms with van der Waals surface area (Å²) in [4.78, 5) is 24.3. The van der Waals surface area contributed by atoms with Crippen LogP contribution in [0.1, 0.15) is 31.8 Å². The summed E-state index contributed by atoms with van der Waals surface area (Å²) in [6.07, 6.45) is 0.444. The van der Waals surface area contributed by atoms with Gasteiger partial charge in [-0.2, -0.15) is 0 Å². The maximum atomic E-state index is 13.8. The Morgan fingerprint density at radius 1 is 1.04 bits per heavy atom. The Hall–Kier alpha value is -2.53. The van der Waals surface area contributed by atoms with Crippen molar-refractivity contribution < 1.29 is 23.5 Å². The summed E-state index contributed by atoms with van der Waals surface area (Å²) in [5, 5.41) is 0. The molecule has 0 radical (unpaired) electrons. The monoisotopic (exact) mass is 316 g/mol. The molecule has 0 bridgehead atoms. The number of halogens is 1. The summed E-state index contributed by atoms with van der Waals surface area (Å²) >= 11 is 0. The Balaban J connectivity index is 2.42. The Morgan fingerprint density at radius 3 is 2.43 bits per heavy atom. The SMILES string of the molecule is COCCc1cc(C(=O)c2ccccc2F)ccc1C(=O)OC. The number of esters is 1. The average Bonchev–Trinajstić information content (AvgIpc) is 2.58. The number of rotatable bonds is 6. The molecular formula is C18H17FO4. The van der Waals surface area contributed by atoms with Gasteiger partial charge in [0.2, 0.25) is 0 Å². The molecule has 0 unspecified atom stereocenters. The lowest BCUT2D eigenvalue weighted by molar-refractivity contribution is 0.0598. The number of carbonyl (C=O) groups excluding carboxylic acids is 2. The highest BCUT2D eigenvalue weighted by Crippen LogP contribution is 2.19. The molecule has 0 saturated carbocycles. The third-order valence-electron chi connectivity index (χ3n) is 3.47. The van der Waals surface area contributed by atoms with Gasteiger partial charge in [0.25, 0.3) is 0 Å². The normalized spacial score (nSPS) is 10.4. The predicted octanol–water partition coefficient (Wildman–Crippen LogP) is 3.03. The number of carbonyl (C=O) groups is 2. The number of ether oxygens (including phenoxy) is 2. The zero-order valence-electron chi connectivity index (χ0n) is 13.0. The molecule has 2 rings (SSSR count). The smallest absolute Gasteiger partial charge is 0.338 e. The van der Waals surface area contributed by atoms with E-state index < -0.39 is 17.6 Å². The lowest BCUT2D eigenvalue weighted by atomic mass is 9.96. The minimum absolute atomic E-state index is 0.00369. The van der Waals surface area contributed by atoms with Crippen molar-refractivity contribution in [1.82, 2.24) is 0 Å². The Morgan fingerprint density at radius 2 is 1.78 bits per heavy atom. The maximum Gasteiger partial charge on any atom is 0.338 e. The molecule has 120 valence electrons. The number of benzene rings is 2. The van der Waals surface area contributed by atoms with Crippen LogP contribution in [0.25, 0.3) is 0 Å². The zero-order valence-corrected chi connectivity index (χ0v) is 13.0. The van der Waals surface area contributed by atoms with Crippen LogP contribution in [0.5, 0.6) is 0 Å². The standard InChI is InChI=1S/C18H17FO4/c1-22-10-9-12-11-13(7-8-14(12)18(21)23-2)17(20)15-5-3-4-6-16(15)19/h3-8,11H,9-10H2,1-2H3. The Kier molecular flexibility index (Phi) is 5.60. The van der Waals surface area contributed by atoms with Crippen molar-refractivity contribution in [2.24, 2.45) is 0 Å². The zero-order chi connectivity index (χ0) is 16.8. The van der Waals surface area contributed by atoms with Crippen molar-refractivity contribution in [2.45, 2.75) is 6.42 Å². The van der Waals surface area contributed by atoms with Crippen LogP contribution in [-0.4, -0.2) is 32.6 Å². The fourth-order valence-electron chi connectivity index (χ4n) is 2.26. The predicted molar refractivity (Wildman–Crippen MR) is 83.2 cm³/mol. The molecular weight excluding hydrogens is 299 g/mol. The van der Waals surface area contributed by atoms with Crippen LogP contribution in [0, 0.1) is 5.82 Å². The quantitative estimate of drug-likeness (QED) is 0.607. The maximum absolute atomic E-state index is 13.8. The molecule has 0 N–H and O–H groups in total. The molecule has 0 aliphatic rings. The van der Waals surface area contributed by atoms with Crippen molar-refractivity contribution in [3.05, 3.63) is 70.5 Å². The third kappa shape index (κ3) is 3.81. The molecule has 0 aromatic heterocycles. The van der Waals surface area contributed by atoms with E-state index >= 15 is 0 Å². The molecule has 4 nitrogen and oxygen atoms in total. The fraction of sp³-hybridized carbons (Fsp3) is 0.222. The van der Waals surface area contributed by atoms with Crippen LogP contribution in [0.3, 0.4) is 0 Å². The first-order valence-electron chi connectivity index (χ1n) is 7.08. The van der Waals surface area contributed by atoms with E-state index in [1.807, 2.05) is 0 Å². The summed E-state index contributed by atoms with van der Waals surface area (Å²) in [5.74, 6) is -1.49. The second-order valence-electron chi connectivity index (χ2n) is 4.92. The molecule has 0 aliphatic heterocycles. The van der Waals surface area contributed by atoms with E-state index in [2.05, 4.69) is 0 Å².